The molecule has 2 aliphatic heterocycles. The highest BCUT2D eigenvalue weighted by molar-refractivity contribution is 6.30. The van der Waals surface area contributed by atoms with Crippen LogP contribution in [0.4, 0.5) is 0 Å². The smallest absolute Gasteiger partial charge is 0.0406 e. The highest BCUT2D eigenvalue weighted by Gasteiger charge is 2.46. The number of hydrogen-bond donors (Lipinski definition) is 0. The van der Waals surface area contributed by atoms with Crippen LogP contribution in [0.1, 0.15) is 44.6 Å². The summed E-state index contributed by atoms with van der Waals surface area (Å²) in [5.74, 6) is 2.24. The van der Waals surface area contributed by atoms with Crippen molar-refractivity contribution in [2.75, 3.05) is 7.05 Å². The zero-order valence-electron chi connectivity index (χ0n) is 12.1. The number of rotatable bonds is 2. The minimum absolute atomic E-state index is 0.714. The largest absolute Gasteiger partial charge is 0.300 e. The van der Waals surface area contributed by atoms with E-state index in [-0.39, 0.29) is 0 Å². The van der Waals surface area contributed by atoms with Crippen LogP contribution in [0.2, 0.25) is 5.02 Å². The highest BCUT2D eigenvalue weighted by Crippen LogP contribution is 2.48. The Balaban J connectivity index is 1.93. The number of fused-ring (bicyclic) bond motifs is 2. The molecule has 0 saturated carbocycles. The number of hydrogen-bond acceptors (Lipinski definition) is 1. The van der Waals surface area contributed by atoms with Gasteiger partial charge in [0.25, 0.3) is 0 Å². The van der Waals surface area contributed by atoms with Crippen molar-refractivity contribution in [1.82, 2.24) is 4.90 Å². The van der Waals surface area contributed by atoms with Gasteiger partial charge in [-0.05, 0) is 61.8 Å². The lowest BCUT2D eigenvalue weighted by atomic mass is 9.71. The van der Waals surface area contributed by atoms with Gasteiger partial charge in [0.2, 0.25) is 0 Å². The Hall–Kier alpha value is -0.530. The maximum Gasteiger partial charge on any atom is 0.0406 e. The molecule has 2 aliphatic rings. The summed E-state index contributed by atoms with van der Waals surface area (Å²) >= 11 is 6.03. The van der Waals surface area contributed by atoms with E-state index in [4.69, 9.17) is 11.6 Å². The molecule has 3 rings (SSSR count). The van der Waals surface area contributed by atoms with Crippen molar-refractivity contribution in [2.45, 2.75) is 51.1 Å². The number of halogens is 1. The zero-order valence-corrected chi connectivity index (χ0v) is 12.9. The standard InChI is InChI=1S/C17H24ClN/c1-11(2)17-15(12-4-6-13(18)7-5-12)10-14-8-9-16(17)19(14)3/h4-7,11,14-17H,8-10H2,1-3H3/t14?,15-,16?,17?/m1/s1. The predicted octanol–water partition coefficient (Wildman–Crippen LogP) is 4.56. The van der Waals surface area contributed by atoms with Gasteiger partial charge in [0.15, 0.2) is 0 Å². The fourth-order valence-electron chi connectivity index (χ4n) is 4.48. The van der Waals surface area contributed by atoms with Crippen LogP contribution in [0.25, 0.3) is 0 Å². The van der Waals surface area contributed by atoms with Gasteiger partial charge in [-0.2, -0.15) is 0 Å². The van der Waals surface area contributed by atoms with Crippen molar-refractivity contribution in [3.05, 3.63) is 34.9 Å². The summed E-state index contributed by atoms with van der Waals surface area (Å²) in [6.45, 7) is 4.78. The van der Waals surface area contributed by atoms with Crippen LogP contribution in [-0.2, 0) is 0 Å². The monoisotopic (exact) mass is 277 g/mol. The third-order valence-electron chi connectivity index (χ3n) is 5.40. The second kappa shape index (κ2) is 5.10. The molecule has 2 saturated heterocycles. The first kappa shape index (κ1) is 13.5. The minimum Gasteiger partial charge on any atom is -0.300 e. The number of benzene rings is 1. The average molecular weight is 278 g/mol. The van der Waals surface area contributed by atoms with Crippen molar-refractivity contribution in [3.63, 3.8) is 0 Å². The molecule has 0 amide bonds. The van der Waals surface area contributed by atoms with Crippen LogP contribution >= 0.6 is 11.6 Å². The summed E-state index contributed by atoms with van der Waals surface area (Å²) < 4.78 is 0. The van der Waals surface area contributed by atoms with Gasteiger partial charge in [-0.1, -0.05) is 37.6 Å². The molecule has 0 aromatic heterocycles. The van der Waals surface area contributed by atoms with Crippen LogP contribution in [0, 0.1) is 11.8 Å². The van der Waals surface area contributed by atoms with E-state index >= 15 is 0 Å². The molecule has 2 fully saturated rings. The fourth-order valence-corrected chi connectivity index (χ4v) is 4.61. The van der Waals surface area contributed by atoms with Crippen LogP contribution in [0.3, 0.4) is 0 Å². The lowest BCUT2D eigenvalue weighted by Crippen LogP contribution is -2.47. The highest BCUT2D eigenvalue weighted by atomic mass is 35.5. The average Bonchev–Trinajstić information content (AvgIpc) is 2.63. The molecule has 4 atom stereocenters. The first-order valence-electron chi connectivity index (χ1n) is 7.55. The molecular formula is C17H24ClN. The number of piperidine rings is 1. The molecule has 0 N–H and O–H groups in total. The topological polar surface area (TPSA) is 3.24 Å². The fraction of sp³-hybridized carbons (Fsp3) is 0.647. The van der Waals surface area contributed by atoms with E-state index in [2.05, 4.69) is 50.1 Å². The summed E-state index contributed by atoms with van der Waals surface area (Å²) in [7, 11) is 2.33. The number of nitrogens with zero attached hydrogens (tertiary/aromatic N) is 1. The molecule has 104 valence electrons. The normalized spacial score (nSPS) is 35.0. The first-order valence-corrected chi connectivity index (χ1v) is 7.93. The van der Waals surface area contributed by atoms with Crippen molar-refractivity contribution in [2.24, 2.45) is 11.8 Å². The summed E-state index contributed by atoms with van der Waals surface area (Å²) in [4.78, 5) is 2.65. The van der Waals surface area contributed by atoms with Crippen LogP contribution < -0.4 is 0 Å². The molecule has 2 heterocycles. The third-order valence-corrected chi connectivity index (χ3v) is 5.65. The molecule has 1 nitrogen and oxygen atoms in total. The Morgan fingerprint density at radius 1 is 1.16 bits per heavy atom. The SMILES string of the molecule is CC(C)C1C2CCC(C[C@@H]1c1ccc(Cl)cc1)N2C. The van der Waals surface area contributed by atoms with Gasteiger partial charge < -0.3 is 4.90 Å². The second-order valence-corrected chi connectivity index (χ2v) is 7.12. The Morgan fingerprint density at radius 2 is 1.84 bits per heavy atom. The minimum atomic E-state index is 0.714. The van der Waals surface area contributed by atoms with Gasteiger partial charge >= 0.3 is 0 Å². The lowest BCUT2D eigenvalue weighted by molar-refractivity contribution is 0.0727. The van der Waals surface area contributed by atoms with Gasteiger partial charge in [-0.3, -0.25) is 0 Å². The summed E-state index contributed by atoms with van der Waals surface area (Å²) in [5.41, 5.74) is 1.49. The van der Waals surface area contributed by atoms with Gasteiger partial charge in [-0.25, -0.2) is 0 Å². The molecule has 1 aromatic carbocycles. The lowest BCUT2D eigenvalue weighted by Gasteiger charge is -2.45. The molecule has 3 unspecified atom stereocenters. The van der Waals surface area contributed by atoms with Crippen LogP contribution in [-0.4, -0.2) is 24.0 Å². The maximum atomic E-state index is 6.03. The molecule has 2 heteroatoms. The van der Waals surface area contributed by atoms with E-state index < -0.39 is 0 Å². The van der Waals surface area contributed by atoms with Gasteiger partial charge in [-0.15, -0.1) is 0 Å². The van der Waals surface area contributed by atoms with Gasteiger partial charge in [0, 0.05) is 17.1 Å². The van der Waals surface area contributed by atoms with Crippen molar-refractivity contribution >= 4 is 11.6 Å². The molecule has 0 radical (unpaired) electrons. The van der Waals surface area contributed by atoms with Crippen molar-refractivity contribution < 1.29 is 0 Å². The Kier molecular flexibility index (Phi) is 3.61. The van der Waals surface area contributed by atoms with E-state index in [0.717, 1.165) is 28.9 Å². The summed E-state index contributed by atoms with van der Waals surface area (Å²) in [6, 6.07) is 10.2. The predicted molar refractivity (Wildman–Crippen MR) is 81.7 cm³/mol. The molecule has 0 aliphatic carbocycles. The Morgan fingerprint density at radius 3 is 2.47 bits per heavy atom. The first-order chi connectivity index (χ1) is 9.08. The van der Waals surface area contributed by atoms with Crippen molar-refractivity contribution in [1.29, 1.82) is 0 Å². The van der Waals surface area contributed by atoms with E-state index in [9.17, 15) is 0 Å². The molecular weight excluding hydrogens is 254 g/mol. The van der Waals surface area contributed by atoms with Crippen molar-refractivity contribution in [3.8, 4) is 0 Å². The van der Waals surface area contributed by atoms with Crippen LogP contribution in [0.5, 0.6) is 0 Å². The maximum absolute atomic E-state index is 6.03. The van der Waals surface area contributed by atoms with Gasteiger partial charge in [0.1, 0.15) is 0 Å². The van der Waals surface area contributed by atoms with E-state index in [0.29, 0.717) is 5.92 Å². The third kappa shape index (κ3) is 2.32. The molecule has 2 bridgehead atoms. The van der Waals surface area contributed by atoms with Crippen LogP contribution in [0.15, 0.2) is 24.3 Å². The Labute approximate surface area is 121 Å². The zero-order chi connectivity index (χ0) is 13.6. The van der Waals surface area contributed by atoms with E-state index in [1.165, 1.54) is 24.8 Å². The van der Waals surface area contributed by atoms with E-state index in [1.54, 1.807) is 0 Å². The molecule has 19 heavy (non-hydrogen) atoms. The second-order valence-electron chi connectivity index (χ2n) is 6.68. The van der Waals surface area contributed by atoms with Gasteiger partial charge in [0.05, 0.1) is 0 Å². The molecule has 0 spiro atoms. The summed E-state index contributed by atoms with van der Waals surface area (Å²) in [5, 5.41) is 0.848. The quantitative estimate of drug-likeness (QED) is 0.766. The molecule has 1 aromatic rings. The van der Waals surface area contributed by atoms with E-state index in [1.807, 2.05) is 0 Å². The summed E-state index contributed by atoms with van der Waals surface area (Å²) in [6.07, 6.45) is 4.08. The Bertz CT molecular complexity index is 439.